The Hall–Kier alpha value is -2.77. The first-order chi connectivity index (χ1) is 13.0. The number of piperidine rings is 1. The Morgan fingerprint density at radius 1 is 1.11 bits per heavy atom. The van der Waals surface area contributed by atoms with Gasteiger partial charge in [-0.3, -0.25) is 9.59 Å². The van der Waals surface area contributed by atoms with Crippen LogP contribution < -0.4 is 15.2 Å². The van der Waals surface area contributed by atoms with Crippen LogP contribution in [0.3, 0.4) is 0 Å². The number of hydrogen-bond acceptors (Lipinski definition) is 6. The maximum absolute atomic E-state index is 12.4. The first-order valence-electron chi connectivity index (χ1n) is 9.13. The van der Waals surface area contributed by atoms with E-state index in [4.69, 9.17) is 19.9 Å². The Morgan fingerprint density at radius 2 is 1.81 bits per heavy atom. The Bertz CT molecular complexity index is 691. The molecular formula is C19H26N2O6. The molecule has 27 heavy (non-hydrogen) atoms. The third-order valence-corrected chi connectivity index (χ3v) is 4.26. The van der Waals surface area contributed by atoms with E-state index in [1.807, 2.05) is 13.8 Å². The van der Waals surface area contributed by atoms with Crippen LogP contribution >= 0.6 is 0 Å². The van der Waals surface area contributed by atoms with Crippen LogP contribution in [0.1, 0.15) is 43.5 Å². The van der Waals surface area contributed by atoms with Gasteiger partial charge < -0.3 is 24.8 Å². The van der Waals surface area contributed by atoms with Crippen molar-refractivity contribution < 1.29 is 28.6 Å². The minimum absolute atomic E-state index is 0.250. The summed E-state index contributed by atoms with van der Waals surface area (Å²) in [6.45, 7) is 4.55. The molecule has 0 unspecified atom stereocenters. The average molecular weight is 378 g/mol. The number of primary amides is 1. The van der Waals surface area contributed by atoms with Gasteiger partial charge in [-0.25, -0.2) is 4.79 Å². The van der Waals surface area contributed by atoms with E-state index in [0.717, 1.165) is 12.8 Å². The van der Waals surface area contributed by atoms with Crippen molar-refractivity contribution in [2.75, 3.05) is 26.4 Å². The quantitative estimate of drug-likeness (QED) is 0.687. The first-order valence-corrected chi connectivity index (χ1v) is 9.13. The van der Waals surface area contributed by atoms with Crippen LogP contribution in [0.2, 0.25) is 0 Å². The van der Waals surface area contributed by atoms with Crippen LogP contribution in [-0.2, 0) is 14.3 Å². The number of carbonyl (C=O) groups is 3. The van der Waals surface area contributed by atoms with E-state index >= 15 is 0 Å². The largest absolute Gasteiger partial charge is 0.490 e. The van der Waals surface area contributed by atoms with Crippen molar-refractivity contribution in [1.29, 1.82) is 0 Å². The zero-order valence-electron chi connectivity index (χ0n) is 15.7. The van der Waals surface area contributed by atoms with Crippen molar-refractivity contribution in [3.8, 4) is 11.5 Å². The van der Waals surface area contributed by atoms with Crippen molar-refractivity contribution in [2.24, 2.45) is 5.73 Å². The number of amides is 2. The summed E-state index contributed by atoms with van der Waals surface area (Å²) >= 11 is 0. The number of nitrogens with two attached hydrogens (primary N) is 1. The second kappa shape index (κ2) is 9.80. The molecule has 1 aliphatic rings. The van der Waals surface area contributed by atoms with Crippen molar-refractivity contribution in [3.63, 3.8) is 0 Å². The third-order valence-electron chi connectivity index (χ3n) is 4.26. The third kappa shape index (κ3) is 5.35. The van der Waals surface area contributed by atoms with Gasteiger partial charge in [0.25, 0.3) is 5.91 Å². The summed E-state index contributed by atoms with van der Waals surface area (Å²) in [6.07, 6.45) is 2.16. The van der Waals surface area contributed by atoms with Crippen molar-refractivity contribution in [2.45, 2.75) is 39.2 Å². The summed E-state index contributed by atoms with van der Waals surface area (Å²) in [5.41, 5.74) is 5.61. The fraction of sp³-hybridized carbons (Fsp3) is 0.526. The van der Waals surface area contributed by atoms with Gasteiger partial charge in [0, 0.05) is 6.54 Å². The number of likely N-dealkylation sites (tertiary alicyclic amines) is 1. The molecular weight excluding hydrogens is 352 g/mol. The lowest BCUT2D eigenvalue weighted by Gasteiger charge is -2.33. The number of rotatable bonds is 8. The topological polar surface area (TPSA) is 108 Å². The molecule has 8 nitrogen and oxygen atoms in total. The zero-order valence-corrected chi connectivity index (χ0v) is 15.7. The number of nitrogens with zero attached hydrogens (tertiary/aromatic N) is 1. The molecule has 0 radical (unpaired) electrons. The molecule has 1 heterocycles. The molecule has 2 amide bonds. The van der Waals surface area contributed by atoms with Gasteiger partial charge in [0.05, 0.1) is 18.8 Å². The molecule has 0 aliphatic carbocycles. The van der Waals surface area contributed by atoms with Gasteiger partial charge in [0.1, 0.15) is 6.04 Å². The maximum atomic E-state index is 12.4. The summed E-state index contributed by atoms with van der Waals surface area (Å²) in [4.78, 5) is 37.5. The van der Waals surface area contributed by atoms with E-state index in [1.54, 1.807) is 12.1 Å². The zero-order chi connectivity index (χ0) is 19.8. The number of ether oxygens (including phenoxy) is 3. The van der Waals surface area contributed by atoms with Crippen LogP contribution in [-0.4, -0.2) is 55.1 Å². The Kier molecular flexibility index (Phi) is 7.45. The highest BCUT2D eigenvalue weighted by Gasteiger charge is 2.31. The lowest BCUT2D eigenvalue weighted by molar-refractivity contribution is -0.143. The molecule has 0 spiro atoms. The fourth-order valence-electron chi connectivity index (χ4n) is 3.00. The molecule has 1 fully saturated rings. The minimum Gasteiger partial charge on any atom is -0.490 e. The Morgan fingerprint density at radius 3 is 2.48 bits per heavy atom. The van der Waals surface area contributed by atoms with E-state index < -0.39 is 30.4 Å². The molecule has 8 heteroatoms. The molecule has 1 aromatic carbocycles. The van der Waals surface area contributed by atoms with E-state index in [1.165, 1.54) is 11.0 Å². The first kappa shape index (κ1) is 20.5. The molecule has 2 rings (SSSR count). The normalized spacial score (nSPS) is 16.5. The van der Waals surface area contributed by atoms with Crippen molar-refractivity contribution in [3.05, 3.63) is 23.8 Å². The number of benzene rings is 1. The summed E-state index contributed by atoms with van der Waals surface area (Å²) in [7, 11) is 0. The standard InChI is InChI=1S/C19H26N2O6/c1-3-25-15-9-8-13(11-16(15)26-4-2)19(24)27-12-17(22)21-10-6-5-7-14(21)18(20)23/h8-9,11,14H,3-7,10,12H2,1-2H3,(H2,20,23)/t14-/m0/s1. The summed E-state index contributed by atoms with van der Waals surface area (Å²) < 4.78 is 16.1. The van der Waals surface area contributed by atoms with Crippen LogP contribution in [0.15, 0.2) is 18.2 Å². The van der Waals surface area contributed by atoms with Gasteiger partial charge in [0.15, 0.2) is 18.1 Å². The van der Waals surface area contributed by atoms with E-state index in [2.05, 4.69) is 0 Å². The fourth-order valence-corrected chi connectivity index (χ4v) is 3.00. The summed E-state index contributed by atoms with van der Waals surface area (Å²) in [5.74, 6) is -0.653. The van der Waals surface area contributed by atoms with Crippen LogP contribution in [0.5, 0.6) is 11.5 Å². The highest BCUT2D eigenvalue weighted by Crippen LogP contribution is 2.28. The molecule has 1 aromatic rings. The van der Waals surface area contributed by atoms with Gasteiger partial charge in [-0.05, 0) is 51.3 Å². The van der Waals surface area contributed by atoms with Crippen LogP contribution in [0.25, 0.3) is 0 Å². The second-order valence-corrected chi connectivity index (χ2v) is 6.10. The molecule has 0 bridgehead atoms. The van der Waals surface area contributed by atoms with Crippen LogP contribution in [0.4, 0.5) is 0 Å². The molecule has 0 aromatic heterocycles. The highest BCUT2D eigenvalue weighted by atomic mass is 16.5. The lowest BCUT2D eigenvalue weighted by Crippen LogP contribution is -2.51. The van der Waals surface area contributed by atoms with Gasteiger partial charge >= 0.3 is 5.97 Å². The van der Waals surface area contributed by atoms with Crippen LogP contribution in [0, 0.1) is 0 Å². The predicted molar refractivity (Wildman–Crippen MR) is 97.6 cm³/mol. The van der Waals surface area contributed by atoms with Gasteiger partial charge in [-0.15, -0.1) is 0 Å². The van der Waals surface area contributed by atoms with Crippen molar-refractivity contribution in [1.82, 2.24) is 4.90 Å². The maximum Gasteiger partial charge on any atom is 0.338 e. The molecule has 0 saturated carbocycles. The molecule has 1 aliphatic heterocycles. The van der Waals surface area contributed by atoms with E-state index in [9.17, 15) is 14.4 Å². The Labute approximate surface area is 158 Å². The highest BCUT2D eigenvalue weighted by molar-refractivity contribution is 5.93. The smallest absolute Gasteiger partial charge is 0.338 e. The van der Waals surface area contributed by atoms with E-state index in [0.29, 0.717) is 37.7 Å². The minimum atomic E-state index is -0.653. The lowest BCUT2D eigenvalue weighted by atomic mass is 10.0. The average Bonchev–Trinajstić information content (AvgIpc) is 2.67. The van der Waals surface area contributed by atoms with Gasteiger partial charge in [-0.1, -0.05) is 0 Å². The molecule has 1 saturated heterocycles. The van der Waals surface area contributed by atoms with Gasteiger partial charge in [0.2, 0.25) is 5.91 Å². The summed E-state index contributed by atoms with van der Waals surface area (Å²) in [6, 6.07) is 4.06. The molecule has 1 atom stereocenters. The number of carbonyl (C=O) groups excluding carboxylic acids is 3. The second-order valence-electron chi connectivity index (χ2n) is 6.10. The monoisotopic (exact) mass is 378 g/mol. The van der Waals surface area contributed by atoms with E-state index in [-0.39, 0.29) is 5.56 Å². The van der Waals surface area contributed by atoms with Crippen molar-refractivity contribution >= 4 is 17.8 Å². The number of hydrogen-bond donors (Lipinski definition) is 1. The number of esters is 1. The van der Waals surface area contributed by atoms with Gasteiger partial charge in [-0.2, -0.15) is 0 Å². The molecule has 2 N–H and O–H groups in total. The molecule has 148 valence electrons. The summed E-state index contributed by atoms with van der Waals surface area (Å²) in [5, 5.41) is 0. The Balaban J connectivity index is 2.01. The SMILES string of the molecule is CCOc1ccc(C(=O)OCC(=O)N2CCCC[C@H]2C(N)=O)cc1OCC. The predicted octanol–water partition coefficient (Wildman–Crippen LogP) is 1.51.